The van der Waals surface area contributed by atoms with Gasteiger partial charge in [0.25, 0.3) is 0 Å². The molecule has 2 aromatic carbocycles. The molecule has 4 N–H and O–H groups in total. The van der Waals surface area contributed by atoms with E-state index in [4.69, 9.17) is 9.47 Å². The number of nitriles is 2. The van der Waals surface area contributed by atoms with Gasteiger partial charge >= 0.3 is 0 Å². The molecule has 384 valence electrons. The number of nitrogens with one attached hydrogen (secondary N) is 4. The van der Waals surface area contributed by atoms with Crippen LogP contribution in [0.2, 0.25) is 0 Å². The third-order valence-corrected chi connectivity index (χ3v) is 15.2. The van der Waals surface area contributed by atoms with Crippen LogP contribution in [0.5, 0.6) is 0 Å². The minimum absolute atomic E-state index is 0.0203. The lowest BCUT2D eigenvalue weighted by Gasteiger charge is -2.15. The molecule has 0 amide bonds. The first kappa shape index (κ1) is 59.1. The molecule has 72 heavy (non-hydrogen) atoms. The van der Waals surface area contributed by atoms with E-state index in [0.717, 1.165) is 21.6 Å². The maximum absolute atomic E-state index is 11.9. The lowest BCUT2D eigenvalue weighted by molar-refractivity contribution is 0.197. The van der Waals surface area contributed by atoms with Crippen LogP contribution >= 0.6 is 0 Å². The highest BCUT2D eigenvalue weighted by Crippen LogP contribution is 2.36. The van der Waals surface area contributed by atoms with Gasteiger partial charge in [-0.3, -0.25) is 0 Å². The Kier molecular flexibility index (Phi) is 23.0. The number of rotatable bonds is 28. The predicted molar refractivity (Wildman–Crippen MR) is 278 cm³/mol. The number of hydrogen-bond donors (Lipinski definition) is 4. The summed E-state index contributed by atoms with van der Waals surface area (Å²) < 4.78 is 105. The van der Waals surface area contributed by atoms with Gasteiger partial charge in [-0.25, -0.2) is 43.6 Å². The van der Waals surface area contributed by atoms with Crippen LogP contribution in [-0.2, 0) is 48.8 Å². The van der Waals surface area contributed by atoms with Gasteiger partial charge in [-0.05, 0) is 75.2 Å². The fourth-order valence-corrected chi connectivity index (χ4v) is 8.38. The van der Waals surface area contributed by atoms with Crippen LogP contribution in [0.15, 0.2) is 127 Å². The number of sulfone groups is 4. The lowest BCUT2D eigenvalue weighted by Crippen LogP contribution is -2.16. The summed E-state index contributed by atoms with van der Waals surface area (Å²) in [5.41, 5.74) is 2.71. The first-order valence-electron chi connectivity index (χ1n) is 21.5. The quantitative estimate of drug-likeness (QED) is 0.0309. The molecule has 2 aromatic heterocycles. The number of ether oxygens (including phenoxy) is 2. The zero-order chi connectivity index (χ0) is 53.5. The Bertz CT molecular complexity index is 3190. The van der Waals surface area contributed by atoms with Gasteiger partial charge in [0.2, 0.25) is 0 Å². The van der Waals surface area contributed by atoms with Crippen molar-refractivity contribution in [3.05, 3.63) is 119 Å². The maximum atomic E-state index is 11.9. The van der Waals surface area contributed by atoms with Crippen molar-refractivity contribution in [2.24, 2.45) is 20.5 Å². The molecular weight excluding hydrogens is 1010 g/mol. The Morgan fingerprint density at radius 2 is 0.861 bits per heavy atom. The number of anilines is 4. The van der Waals surface area contributed by atoms with Gasteiger partial charge < -0.3 is 30.7 Å². The first-order chi connectivity index (χ1) is 34.2. The molecule has 0 bridgehead atoms. The van der Waals surface area contributed by atoms with Gasteiger partial charge in [0.05, 0.1) is 43.8 Å². The highest BCUT2D eigenvalue weighted by Gasteiger charge is 2.20. The van der Waals surface area contributed by atoms with Crippen molar-refractivity contribution in [3.63, 3.8) is 0 Å². The number of aromatic nitrogens is 2. The zero-order valence-electron chi connectivity index (χ0n) is 40.1. The van der Waals surface area contributed by atoms with Crippen LogP contribution in [0.1, 0.15) is 35.1 Å². The topological polar surface area (TPSA) is 326 Å². The Balaban J connectivity index is 0.000000380. The number of pyridine rings is 2. The predicted octanol–water partition coefficient (Wildman–Crippen LogP) is 8.03. The van der Waals surface area contributed by atoms with Crippen molar-refractivity contribution < 1.29 is 43.1 Å². The van der Waals surface area contributed by atoms with Crippen molar-refractivity contribution in [3.8, 4) is 12.1 Å². The van der Waals surface area contributed by atoms with Gasteiger partial charge in [0.1, 0.15) is 35.1 Å². The number of nitrogens with zero attached hydrogens (tertiary/aromatic N) is 8. The van der Waals surface area contributed by atoms with E-state index in [0.29, 0.717) is 79.0 Å². The largest absolute Gasteiger partial charge is 0.385 e. The maximum Gasteiger partial charge on any atom is 0.199 e. The number of hydrogen-bond acceptors (Lipinski definition) is 22. The SMILES string of the molecule is C=CS(=O)(=O)CCNc1nc(NCCCOC)c(C#N)c(C)c1N=Nc1ccc(S(=O)(=O)C=C)cc1.C=CS(=O)(=O)CCNc1nc(NCCCOC)c(N=Nc2ccc(S(=O)(=O)C=C)cc2)c(C)c1C#N. The van der Waals surface area contributed by atoms with E-state index in [9.17, 15) is 44.2 Å². The second-order valence-corrected chi connectivity index (χ2v) is 22.7. The lowest BCUT2D eigenvalue weighted by atomic mass is 10.1. The molecule has 4 aromatic rings. The Labute approximate surface area is 421 Å². The fraction of sp³-hybridized carbons (Fsp3) is 0.304. The standard InChI is InChI=1S/2C23H28N6O5S2/c1-5-35(30,31)15-13-26-22-20(16-24)17(3)21(23(27-22)25-12-7-14-34-4)29-28-18-8-10-19(11-9-18)36(32,33)6-2;1-5-35(30,31)15-13-26-23-21(17(3)20(16-24)22(27-23)25-12-7-14-34-4)29-28-18-8-10-19(11-9-18)36(32,33)6-2/h2*5-6,8-11H,1-2,7,12-15H2,3-4H3,(H2,25,26,27). The molecule has 0 atom stereocenters. The molecule has 0 aliphatic rings. The molecule has 2 heterocycles. The third-order valence-electron chi connectivity index (χ3n) is 9.86. The Morgan fingerprint density at radius 1 is 0.528 bits per heavy atom. The average molecular weight is 1070 g/mol. The zero-order valence-corrected chi connectivity index (χ0v) is 43.4. The molecule has 0 aliphatic heterocycles. The summed E-state index contributed by atoms with van der Waals surface area (Å²) in [4.78, 5) is 9.08. The number of methoxy groups -OCH3 is 2. The van der Waals surface area contributed by atoms with Gasteiger partial charge in [0.15, 0.2) is 51.0 Å². The Morgan fingerprint density at radius 3 is 1.18 bits per heavy atom. The highest BCUT2D eigenvalue weighted by atomic mass is 32.2. The van der Waals surface area contributed by atoms with Crippen molar-refractivity contribution in [1.29, 1.82) is 10.5 Å². The summed E-state index contributed by atoms with van der Waals surface area (Å²) in [7, 11) is -10.8. The molecule has 0 fully saturated rings. The van der Waals surface area contributed by atoms with Crippen molar-refractivity contribution in [2.75, 3.05) is 86.4 Å². The van der Waals surface area contributed by atoms with E-state index >= 15 is 0 Å². The first-order valence-corrected chi connectivity index (χ1v) is 28.0. The van der Waals surface area contributed by atoms with Crippen molar-refractivity contribution in [1.82, 2.24) is 9.97 Å². The summed E-state index contributed by atoms with van der Waals surface area (Å²) in [5.74, 6) is 0.668. The van der Waals surface area contributed by atoms with E-state index in [1.165, 1.54) is 48.5 Å². The van der Waals surface area contributed by atoms with E-state index in [-0.39, 0.29) is 62.8 Å². The second kappa shape index (κ2) is 28.0. The van der Waals surface area contributed by atoms with Crippen LogP contribution in [-0.4, -0.2) is 109 Å². The van der Waals surface area contributed by atoms with Crippen LogP contribution < -0.4 is 21.3 Å². The highest BCUT2D eigenvalue weighted by molar-refractivity contribution is 7.95. The molecular formula is C46H56N12O10S4. The molecule has 0 spiro atoms. The number of azo groups is 2. The van der Waals surface area contributed by atoms with Crippen LogP contribution in [0.3, 0.4) is 0 Å². The van der Waals surface area contributed by atoms with Gasteiger partial charge in [-0.15, -0.1) is 10.2 Å². The molecule has 0 saturated carbocycles. The molecule has 26 heteroatoms. The summed E-state index contributed by atoms with van der Waals surface area (Å²) >= 11 is 0. The fourth-order valence-electron chi connectivity index (χ4n) is 5.86. The van der Waals surface area contributed by atoms with E-state index < -0.39 is 39.3 Å². The molecule has 0 radical (unpaired) electrons. The minimum atomic E-state index is -3.58. The Hall–Kier alpha value is -7.20. The van der Waals surface area contributed by atoms with Gasteiger partial charge in [-0.1, -0.05) is 26.3 Å². The average Bonchev–Trinajstić information content (AvgIpc) is 3.36. The van der Waals surface area contributed by atoms with Gasteiger partial charge in [0, 0.05) is 86.4 Å². The van der Waals surface area contributed by atoms with Crippen molar-refractivity contribution in [2.45, 2.75) is 36.5 Å². The second-order valence-electron chi connectivity index (χ2n) is 14.8. The number of benzene rings is 2. The van der Waals surface area contributed by atoms with E-state index in [1.54, 1.807) is 28.1 Å². The molecule has 0 aliphatic carbocycles. The van der Waals surface area contributed by atoms with Crippen molar-refractivity contribution >= 4 is 85.4 Å². The van der Waals surface area contributed by atoms with Crippen LogP contribution in [0, 0.1) is 36.5 Å². The van der Waals surface area contributed by atoms with Crippen LogP contribution in [0.25, 0.3) is 0 Å². The summed E-state index contributed by atoms with van der Waals surface area (Å²) in [5, 5.41) is 51.9. The monoisotopic (exact) mass is 1060 g/mol. The normalized spacial score (nSPS) is 11.7. The summed E-state index contributed by atoms with van der Waals surface area (Å²) in [6, 6.07) is 15.7. The molecule has 22 nitrogen and oxygen atoms in total. The third kappa shape index (κ3) is 17.6. The van der Waals surface area contributed by atoms with Crippen LogP contribution in [0.4, 0.5) is 46.0 Å². The van der Waals surface area contributed by atoms with E-state index in [1.807, 2.05) is 0 Å². The minimum Gasteiger partial charge on any atom is -0.385 e. The molecule has 0 saturated heterocycles. The smallest absolute Gasteiger partial charge is 0.199 e. The molecule has 0 unspecified atom stereocenters. The summed E-state index contributed by atoms with van der Waals surface area (Å²) in [6.07, 6.45) is 1.36. The van der Waals surface area contributed by atoms with E-state index in [2.05, 4.69) is 90.1 Å². The summed E-state index contributed by atoms with van der Waals surface area (Å²) in [6.45, 7) is 18.6. The van der Waals surface area contributed by atoms with Gasteiger partial charge in [-0.2, -0.15) is 20.8 Å². The molecule has 4 rings (SSSR count).